The highest BCUT2D eigenvalue weighted by Gasteiger charge is 2.04. The van der Waals surface area contributed by atoms with Crippen LogP contribution in [0.1, 0.15) is 26.7 Å². The van der Waals surface area contributed by atoms with Gasteiger partial charge in [-0.1, -0.05) is 20.3 Å². The fourth-order valence-corrected chi connectivity index (χ4v) is 1.82. The lowest BCUT2D eigenvalue weighted by atomic mass is 10.2. The van der Waals surface area contributed by atoms with Gasteiger partial charge in [-0.05, 0) is 12.2 Å². The SMILES string of the molecule is CCCC(COC)NCCSCC. The van der Waals surface area contributed by atoms with Crippen molar-refractivity contribution < 1.29 is 4.74 Å². The van der Waals surface area contributed by atoms with Crippen LogP contribution in [0.25, 0.3) is 0 Å². The van der Waals surface area contributed by atoms with Gasteiger partial charge < -0.3 is 10.1 Å². The Balaban J connectivity index is 3.33. The smallest absolute Gasteiger partial charge is 0.0615 e. The summed E-state index contributed by atoms with van der Waals surface area (Å²) < 4.78 is 5.14. The molecule has 0 radical (unpaired) electrons. The Bertz CT molecular complexity index is 94.9. The highest BCUT2D eigenvalue weighted by molar-refractivity contribution is 7.99. The van der Waals surface area contributed by atoms with Crippen LogP contribution in [0.4, 0.5) is 0 Å². The number of hydrogen-bond donors (Lipinski definition) is 1. The van der Waals surface area contributed by atoms with E-state index in [1.54, 1.807) is 7.11 Å². The lowest BCUT2D eigenvalue weighted by molar-refractivity contribution is 0.163. The molecular formula is C10H23NOS. The Morgan fingerprint density at radius 3 is 2.69 bits per heavy atom. The predicted octanol–water partition coefficient (Wildman–Crippen LogP) is 2.14. The molecule has 0 fully saturated rings. The summed E-state index contributed by atoms with van der Waals surface area (Å²) in [6.45, 7) is 6.35. The summed E-state index contributed by atoms with van der Waals surface area (Å²) in [6.07, 6.45) is 2.44. The molecule has 0 aromatic carbocycles. The van der Waals surface area contributed by atoms with Crippen LogP contribution in [0, 0.1) is 0 Å². The largest absolute Gasteiger partial charge is 0.383 e. The topological polar surface area (TPSA) is 21.3 Å². The summed E-state index contributed by atoms with van der Waals surface area (Å²) in [5, 5.41) is 3.51. The van der Waals surface area contributed by atoms with Crippen LogP contribution in [-0.4, -0.2) is 37.8 Å². The standard InChI is InChI=1S/C10H23NOS/c1-4-6-10(9-12-3)11-7-8-13-5-2/h10-11H,4-9H2,1-3H3. The maximum Gasteiger partial charge on any atom is 0.0615 e. The molecule has 1 atom stereocenters. The summed E-state index contributed by atoms with van der Waals surface area (Å²) in [7, 11) is 1.77. The Morgan fingerprint density at radius 2 is 2.15 bits per heavy atom. The van der Waals surface area contributed by atoms with Gasteiger partial charge in [-0.3, -0.25) is 0 Å². The quantitative estimate of drug-likeness (QED) is 0.583. The van der Waals surface area contributed by atoms with Gasteiger partial charge in [0.15, 0.2) is 0 Å². The van der Waals surface area contributed by atoms with Gasteiger partial charge in [0.1, 0.15) is 0 Å². The Morgan fingerprint density at radius 1 is 1.38 bits per heavy atom. The first-order valence-electron chi connectivity index (χ1n) is 5.15. The molecule has 0 aromatic rings. The second-order valence-electron chi connectivity index (χ2n) is 3.09. The van der Waals surface area contributed by atoms with E-state index in [4.69, 9.17) is 4.74 Å². The zero-order chi connectivity index (χ0) is 9.94. The Hall–Kier alpha value is 0.270. The summed E-state index contributed by atoms with van der Waals surface area (Å²) in [6, 6.07) is 0.549. The second kappa shape index (κ2) is 10.4. The number of nitrogens with one attached hydrogen (secondary N) is 1. The predicted molar refractivity (Wildman–Crippen MR) is 61.6 cm³/mol. The summed E-state index contributed by atoms with van der Waals surface area (Å²) in [5.74, 6) is 2.42. The fourth-order valence-electron chi connectivity index (χ4n) is 1.27. The molecule has 0 bridgehead atoms. The van der Waals surface area contributed by atoms with Crippen molar-refractivity contribution in [1.82, 2.24) is 5.32 Å². The van der Waals surface area contributed by atoms with E-state index in [-0.39, 0.29) is 0 Å². The van der Waals surface area contributed by atoms with E-state index < -0.39 is 0 Å². The third-order valence-electron chi connectivity index (χ3n) is 1.89. The first kappa shape index (κ1) is 13.3. The minimum Gasteiger partial charge on any atom is -0.383 e. The molecular weight excluding hydrogens is 182 g/mol. The van der Waals surface area contributed by atoms with Crippen molar-refractivity contribution in [2.24, 2.45) is 0 Å². The molecule has 0 aromatic heterocycles. The average molecular weight is 205 g/mol. The van der Waals surface area contributed by atoms with Gasteiger partial charge in [-0.2, -0.15) is 11.8 Å². The molecule has 0 heterocycles. The van der Waals surface area contributed by atoms with Crippen molar-refractivity contribution >= 4 is 11.8 Å². The molecule has 0 amide bonds. The van der Waals surface area contributed by atoms with Crippen molar-refractivity contribution in [2.45, 2.75) is 32.7 Å². The van der Waals surface area contributed by atoms with E-state index in [9.17, 15) is 0 Å². The normalized spacial score (nSPS) is 13.2. The van der Waals surface area contributed by atoms with Gasteiger partial charge in [0.05, 0.1) is 6.61 Å². The van der Waals surface area contributed by atoms with Crippen LogP contribution < -0.4 is 5.32 Å². The lowest BCUT2D eigenvalue weighted by Gasteiger charge is -2.16. The van der Waals surface area contributed by atoms with Gasteiger partial charge in [-0.25, -0.2) is 0 Å². The van der Waals surface area contributed by atoms with Crippen LogP contribution >= 0.6 is 11.8 Å². The zero-order valence-electron chi connectivity index (χ0n) is 9.14. The third kappa shape index (κ3) is 8.60. The molecule has 0 spiro atoms. The van der Waals surface area contributed by atoms with Crippen LogP contribution in [0.15, 0.2) is 0 Å². The summed E-state index contributed by atoms with van der Waals surface area (Å²) in [5.41, 5.74) is 0. The molecule has 1 N–H and O–H groups in total. The van der Waals surface area contributed by atoms with Gasteiger partial charge in [0.2, 0.25) is 0 Å². The molecule has 0 saturated carbocycles. The molecule has 2 nitrogen and oxygen atoms in total. The maximum absolute atomic E-state index is 5.14. The molecule has 0 aliphatic heterocycles. The molecule has 3 heteroatoms. The fraction of sp³-hybridized carbons (Fsp3) is 1.00. The molecule has 0 saturated heterocycles. The molecule has 1 unspecified atom stereocenters. The first-order valence-corrected chi connectivity index (χ1v) is 6.30. The molecule has 13 heavy (non-hydrogen) atoms. The minimum absolute atomic E-state index is 0.549. The molecule has 0 rings (SSSR count). The number of ether oxygens (including phenoxy) is 1. The number of methoxy groups -OCH3 is 1. The van der Waals surface area contributed by atoms with Crippen LogP contribution in [0.2, 0.25) is 0 Å². The molecule has 0 aliphatic rings. The van der Waals surface area contributed by atoms with E-state index in [2.05, 4.69) is 19.2 Å². The van der Waals surface area contributed by atoms with Gasteiger partial charge >= 0.3 is 0 Å². The average Bonchev–Trinajstić information content (AvgIpc) is 2.13. The second-order valence-corrected chi connectivity index (χ2v) is 4.49. The Labute approximate surface area is 86.8 Å². The summed E-state index contributed by atoms with van der Waals surface area (Å²) >= 11 is 1.98. The van der Waals surface area contributed by atoms with Crippen molar-refractivity contribution in [3.63, 3.8) is 0 Å². The van der Waals surface area contributed by atoms with Gasteiger partial charge in [0, 0.05) is 25.4 Å². The van der Waals surface area contributed by atoms with Crippen molar-refractivity contribution in [3.8, 4) is 0 Å². The first-order chi connectivity index (χ1) is 6.35. The van der Waals surface area contributed by atoms with Crippen molar-refractivity contribution in [2.75, 3.05) is 31.8 Å². The minimum atomic E-state index is 0.549. The number of thioether (sulfide) groups is 1. The molecule has 0 aliphatic carbocycles. The van der Waals surface area contributed by atoms with E-state index >= 15 is 0 Å². The van der Waals surface area contributed by atoms with Crippen LogP contribution in [0.3, 0.4) is 0 Å². The summed E-state index contributed by atoms with van der Waals surface area (Å²) in [4.78, 5) is 0. The van der Waals surface area contributed by atoms with E-state index in [1.807, 2.05) is 11.8 Å². The molecule has 80 valence electrons. The van der Waals surface area contributed by atoms with E-state index in [1.165, 1.54) is 24.3 Å². The monoisotopic (exact) mass is 205 g/mol. The van der Waals surface area contributed by atoms with Gasteiger partial charge in [-0.15, -0.1) is 0 Å². The zero-order valence-corrected chi connectivity index (χ0v) is 9.95. The maximum atomic E-state index is 5.14. The van der Waals surface area contributed by atoms with E-state index in [0.29, 0.717) is 6.04 Å². The third-order valence-corrected chi connectivity index (χ3v) is 2.79. The highest BCUT2D eigenvalue weighted by Crippen LogP contribution is 1.99. The number of hydrogen-bond acceptors (Lipinski definition) is 3. The van der Waals surface area contributed by atoms with Crippen molar-refractivity contribution in [3.05, 3.63) is 0 Å². The van der Waals surface area contributed by atoms with Crippen molar-refractivity contribution in [1.29, 1.82) is 0 Å². The van der Waals surface area contributed by atoms with Gasteiger partial charge in [0.25, 0.3) is 0 Å². The Kier molecular flexibility index (Phi) is 10.6. The lowest BCUT2D eigenvalue weighted by Crippen LogP contribution is -2.34. The van der Waals surface area contributed by atoms with Crippen LogP contribution in [0.5, 0.6) is 0 Å². The van der Waals surface area contributed by atoms with E-state index in [0.717, 1.165) is 13.2 Å². The van der Waals surface area contributed by atoms with Crippen LogP contribution in [-0.2, 0) is 4.74 Å². The highest BCUT2D eigenvalue weighted by atomic mass is 32.2. The number of rotatable bonds is 9.